The number of benzene rings is 2. The standard InChI is InChI=1S/C34H35N7O4/c1-34(2,3)45-33(43)40-30(16-24-18-37-28-8-6-5-7-26(24)28)31(17-35)39-29-10-9-23(15-27(29)32(42)44-4)25-19-38-41(21-25)20-22-11-13-36-14-12-22/h5-15,18-19,21,30-31,37,39H,16,20H2,1-4H3,(H,40,43)/t30-,31?/m0/s1. The summed E-state index contributed by atoms with van der Waals surface area (Å²) in [7, 11) is 1.30. The third kappa shape index (κ3) is 7.67. The van der Waals surface area contributed by atoms with Gasteiger partial charge in [0.05, 0.1) is 37.5 Å². The fourth-order valence-electron chi connectivity index (χ4n) is 5.04. The molecule has 11 nitrogen and oxygen atoms in total. The van der Waals surface area contributed by atoms with Gasteiger partial charge in [0.15, 0.2) is 0 Å². The highest BCUT2D eigenvalue weighted by molar-refractivity contribution is 5.97. The highest BCUT2D eigenvalue weighted by atomic mass is 16.6. The lowest BCUT2D eigenvalue weighted by atomic mass is 9.98. The van der Waals surface area contributed by atoms with Crippen molar-refractivity contribution in [3.05, 3.63) is 102 Å². The summed E-state index contributed by atoms with van der Waals surface area (Å²) in [5.41, 5.74) is 4.36. The number of hydrogen-bond acceptors (Lipinski definition) is 8. The first-order chi connectivity index (χ1) is 21.6. The van der Waals surface area contributed by atoms with Gasteiger partial charge in [0.2, 0.25) is 0 Å². The summed E-state index contributed by atoms with van der Waals surface area (Å²) < 4.78 is 12.4. The van der Waals surface area contributed by atoms with Crippen molar-refractivity contribution in [3.63, 3.8) is 0 Å². The van der Waals surface area contributed by atoms with Crippen molar-refractivity contribution in [3.8, 4) is 17.2 Å². The van der Waals surface area contributed by atoms with Crippen molar-refractivity contribution in [1.29, 1.82) is 5.26 Å². The zero-order valence-electron chi connectivity index (χ0n) is 25.6. The number of hydrogen-bond donors (Lipinski definition) is 3. The minimum absolute atomic E-state index is 0.236. The molecule has 0 spiro atoms. The molecule has 3 N–H and O–H groups in total. The van der Waals surface area contributed by atoms with Crippen LogP contribution in [-0.4, -0.2) is 56.6 Å². The van der Waals surface area contributed by atoms with Crippen LogP contribution < -0.4 is 10.6 Å². The second-order valence-electron chi connectivity index (χ2n) is 11.6. The average molecular weight is 606 g/mol. The molecule has 1 amide bonds. The van der Waals surface area contributed by atoms with Crippen molar-refractivity contribution in [2.45, 2.75) is 51.4 Å². The molecule has 3 heterocycles. The number of alkyl carbamates (subject to hydrolysis) is 1. The van der Waals surface area contributed by atoms with Gasteiger partial charge < -0.3 is 25.1 Å². The van der Waals surface area contributed by atoms with Crippen molar-refractivity contribution in [2.24, 2.45) is 0 Å². The number of fused-ring (bicyclic) bond motifs is 1. The summed E-state index contributed by atoms with van der Waals surface area (Å²) in [5.74, 6) is -0.575. The molecule has 0 aliphatic heterocycles. The molecule has 2 aromatic carbocycles. The zero-order chi connectivity index (χ0) is 32.0. The number of rotatable bonds is 10. The van der Waals surface area contributed by atoms with Crippen molar-refractivity contribution in [2.75, 3.05) is 12.4 Å². The smallest absolute Gasteiger partial charge is 0.407 e. The largest absolute Gasteiger partial charge is 0.465 e. The maximum absolute atomic E-state index is 13.0. The third-order valence-corrected chi connectivity index (χ3v) is 7.15. The van der Waals surface area contributed by atoms with Crippen LogP contribution in [0.4, 0.5) is 10.5 Å². The van der Waals surface area contributed by atoms with E-state index >= 15 is 0 Å². The maximum Gasteiger partial charge on any atom is 0.407 e. The quantitative estimate of drug-likeness (QED) is 0.172. The van der Waals surface area contributed by atoms with Crippen molar-refractivity contribution in [1.82, 2.24) is 25.1 Å². The Morgan fingerprint density at radius 3 is 2.60 bits per heavy atom. The van der Waals surface area contributed by atoms with Crippen LogP contribution in [0.3, 0.4) is 0 Å². The van der Waals surface area contributed by atoms with Crippen LogP contribution in [0.25, 0.3) is 22.0 Å². The molecule has 45 heavy (non-hydrogen) atoms. The molecule has 0 fully saturated rings. The fraction of sp³-hybridized carbons (Fsp3) is 0.265. The first-order valence-electron chi connectivity index (χ1n) is 14.5. The number of nitriles is 1. The Labute approximate surface area is 261 Å². The Hall–Kier alpha value is -5.63. The van der Waals surface area contributed by atoms with Gasteiger partial charge in [0.25, 0.3) is 0 Å². The summed E-state index contributed by atoms with van der Waals surface area (Å²) in [4.78, 5) is 33.2. The van der Waals surface area contributed by atoms with E-state index in [-0.39, 0.29) is 5.56 Å². The maximum atomic E-state index is 13.0. The number of pyridine rings is 1. The van der Waals surface area contributed by atoms with Crippen molar-refractivity contribution < 1.29 is 19.1 Å². The van der Waals surface area contributed by atoms with Gasteiger partial charge in [-0.3, -0.25) is 9.67 Å². The lowest BCUT2D eigenvalue weighted by molar-refractivity contribution is 0.0501. The Kier molecular flexibility index (Phi) is 9.14. The molecule has 11 heteroatoms. The predicted molar refractivity (Wildman–Crippen MR) is 171 cm³/mol. The zero-order valence-corrected chi connectivity index (χ0v) is 25.6. The molecular formula is C34H35N7O4. The predicted octanol–water partition coefficient (Wildman–Crippen LogP) is 5.70. The number of aromatic nitrogens is 4. The number of carbonyl (C=O) groups is 2. The number of nitrogens with one attached hydrogen (secondary N) is 3. The van der Waals surface area contributed by atoms with E-state index in [0.717, 1.165) is 33.2 Å². The van der Waals surface area contributed by atoms with Crippen LogP contribution in [0.5, 0.6) is 0 Å². The third-order valence-electron chi connectivity index (χ3n) is 7.15. The summed E-state index contributed by atoms with van der Waals surface area (Å²) >= 11 is 0. The van der Waals surface area contributed by atoms with Crippen LogP contribution in [0.2, 0.25) is 0 Å². The first kappa shape index (κ1) is 30.8. The van der Waals surface area contributed by atoms with Gasteiger partial charge in [-0.1, -0.05) is 24.3 Å². The molecule has 5 rings (SSSR count). The number of nitrogens with zero attached hydrogens (tertiary/aromatic N) is 4. The van der Waals surface area contributed by atoms with E-state index < -0.39 is 29.7 Å². The number of aromatic amines is 1. The summed E-state index contributed by atoms with van der Waals surface area (Å²) in [6.45, 7) is 5.88. The minimum Gasteiger partial charge on any atom is -0.465 e. The molecule has 0 bridgehead atoms. The van der Waals surface area contributed by atoms with Gasteiger partial charge in [0.1, 0.15) is 11.6 Å². The summed E-state index contributed by atoms with van der Waals surface area (Å²) in [5, 5.41) is 21.9. The number of para-hydroxylation sites is 1. The van der Waals surface area contributed by atoms with Crippen LogP contribution in [0, 0.1) is 11.3 Å². The van der Waals surface area contributed by atoms with E-state index in [1.54, 1.807) is 56.2 Å². The molecule has 3 aromatic heterocycles. The minimum atomic E-state index is -0.941. The molecular weight excluding hydrogens is 570 g/mol. The molecule has 0 saturated heterocycles. The van der Waals surface area contributed by atoms with Gasteiger partial charge >= 0.3 is 12.1 Å². The van der Waals surface area contributed by atoms with Crippen molar-refractivity contribution >= 4 is 28.7 Å². The number of amides is 1. The molecule has 2 atom stereocenters. The Morgan fingerprint density at radius 1 is 1.09 bits per heavy atom. The van der Waals surface area contributed by atoms with Gasteiger partial charge in [-0.05, 0) is 74.2 Å². The van der Waals surface area contributed by atoms with E-state index in [1.807, 2.05) is 54.9 Å². The number of esters is 1. The molecule has 0 saturated carbocycles. The molecule has 0 aliphatic carbocycles. The van der Waals surface area contributed by atoms with E-state index in [4.69, 9.17) is 9.47 Å². The van der Waals surface area contributed by atoms with E-state index in [0.29, 0.717) is 18.7 Å². The van der Waals surface area contributed by atoms with Gasteiger partial charge in [-0.25, -0.2) is 9.59 Å². The normalized spacial score (nSPS) is 12.6. The van der Waals surface area contributed by atoms with E-state index in [2.05, 4.69) is 31.8 Å². The lowest BCUT2D eigenvalue weighted by Crippen LogP contribution is -2.49. The molecule has 0 radical (unpaired) electrons. The SMILES string of the molecule is COC(=O)c1cc(-c2cnn(Cc3ccncc3)c2)ccc1NC(C#N)[C@H](Cc1c[nH]c2ccccc12)NC(=O)OC(C)(C)C. The Bertz CT molecular complexity index is 1830. The Balaban J connectivity index is 1.43. The van der Waals surface area contributed by atoms with Crippen LogP contribution in [-0.2, 0) is 22.4 Å². The van der Waals surface area contributed by atoms with E-state index in [9.17, 15) is 14.9 Å². The molecule has 5 aromatic rings. The highest BCUT2D eigenvalue weighted by Crippen LogP contribution is 2.28. The second-order valence-corrected chi connectivity index (χ2v) is 11.6. The monoisotopic (exact) mass is 605 g/mol. The molecule has 1 unspecified atom stereocenters. The second kappa shape index (κ2) is 13.3. The van der Waals surface area contributed by atoms with Gasteiger partial charge in [-0.2, -0.15) is 10.4 Å². The number of methoxy groups -OCH3 is 1. The topological polar surface area (TPSA) is 147 Å². The number of carbonyl (C=O) groups excluding carboxylic acids is 2. The lowest BCUT2D eigenvalue weighted by Gasteiger charge is -2.27. The highest BCUT2D eigenvalue weighted by Gasteiger charge is 2.28. The van der Waals surface area contributed by atoms with Crippen LogP contribution in [0.1, 0.15) is 42.3 Å². The number of ether oxygens (including phenoxy) is 2. The summed E-state index contributed by atoms with van der Waals surface area (Å²) in [6.07, 6.45) is 8.62. The van der Waals surface area contributed by atoms with Gasteiger partial charge in [0, 0.05) is 46.9 Å². The number of anilines is 1. The average Bonchev–Trinajstić information content (AvgIpc) is 3.66. The molecule has 0 aliphatic rings. The first-order valence-corrected chi connectivity index (χ1v) is 14.5. The molecule has 230 valence electrons. The number of H-pyrrole nitrogens is 1. The Morgan fingerprint density at radius 2 is 1.87 bits per heavy atom. The van der Waals surface area contributed by atoms with Crippen LogP contribution >= 0.6 is 0 Å². The fourth-order valence-corrected chi connectivity index (χ4v) is 5.04. The van der Waals surface area contributed by atoms with Crippen LogP contribution in [0.15, 0.2) is 85.6 Å². The summed E-state index contributed by atoms with van der Waals surface area (Å²) in [6, 6.07) is 17.5. The van der Waals surface area contributed by atoms with E-state index in [1.165, 1.54) is 7.11 Å². The van der Waals surface area contributed by atoms with Gasteiger partial charge in [-0.15, -0.1) is 0 Å².